The Kier molecular flexibility index (Phi) is 1.77. The Hall–Kier alpha value is -1.03. The van der Waals surface area contributed by atoms with Gasteiger partial charge in [0.25, 0.3) is 0 Å². The van der Waals surface area contributed by atoms with Crippen molar-refractivity contribution in [3.8, 4) is 5.88 Å². The van der Waals surface area contributed by atoms with E-state index in [1.54, 1.807) is 6.20 Å². The minimum atomic E-state index is 0.0953. The van der Waals surface area contributed by atoms with Crippen LogP contribution in [0.5, 0.6) is 5.88 Å². The second kappa shape index (κ2) is 2.98. The van der Waals surface area contributed by atoms with Crippen molar-refractivity contribution >= 4 is 0 Å². The van der Waals surface area contributed by atoms with Gasteiger partial charge in [0.2, 0.25) is 5.88 Å². The maximum Gasteiger partial charge on any atom is 0.214 e. The molecule has 1 aliphatic carbocycles. The summed E-state index contributed by atoms with van der Waals surface area (Å²) < 4.78 is 7.50. The molecule has 1 saturated carbocycles. The van der Waals surface area contributed by atoms with E-state index in [0.29, 0.717) is 0 Å². The van der Waals surface area contributed by atoms with Crippen LogP contribution in [-0.4, -0.2) is 16.2 Å². The molecule has 2 aliphatic rings. The number of ether oxygens (including phenoxy) is 1. The van der Waals surface area contributed by atoms with E-state index in [-0.39, 0.29) is 6.04 Å². The van der Waals surface area contributed by atoms with Crippen molar-refractivity contribution < 1.29 is 4.74 Å². The van der Waals surface area contributed by atoms with Crippen LogP contribution in [-0.2, 0) is 6.54 Å². The average molecular weight is 193 g/mol. The van der Waals surface area contributed by atoms with E-state index in [2.05, 4.69) is 9.55 Å². The maximum atomic E-state index is 6.11. The second-order valence-corrected chi connectivity index (χ2v) is 4.24. The monoisotopic (exact) mass is 193 g/mol. The Labute approximate surface area is 83.1 Å². The Morgan fingerprint density at radius 3 is 3.29 bits per heavy atom. The van der Waals surface area contributed by atoms with Crippen LogP contribution in [0, 0.1) is 5.92 Å². The van der Waals surface area contributed by atoms with Crippen molar-refractivity contribution in [1.29, 1.82) is 0 Å². The largest absolute Gasteiger partial charge is 0.476 e. The first-order valence-electron chi connectivity index (χ1n) is 5.28. The Morgan fingerprint density at radius 1 is 1.64 bits per heavy atom. The molecule has 3 rings (SSSR count). The van der Waals surface area contributed by atoms with Gasteiger partial charge in [-0.1, -0.05) is 12.8 Å². The van der Waals surface area contributed by atoms with Crippen LogP contribution in [0.25, 0.3) is 0 Å². The van der Waals surface area contributed by atoms with E-state index >= 15 is 0 Å². The minimum absolute atomic E-state index is 0.0953. The molecule has 1 aliphatic heterocycles. The summed E-state index contributed by atoms with van der Waals surface area (Å²) in [6.45, 7) is 1.67. The summed E-state index contributed by atoms with van der Waals surface area (Å²) in [5.41, 5.74) is 6.11. The van der Waals surface area contributed by atoms with Crippen LogP contribution < -0.4 is 10.5 Å². The number of imidazole rings is 1. The zero-order valence-electron chi connectivity index (χ0n) is 8.15. The molecule has 1 aromatic rings. The predicted molar refractivity (Wildman–Crippen MR) is 52.0 cm³/mol. The molecular weight excluding hydrogens is 178 g/mol. The number of aromatic nitrogens is 2. The molecule has 0 radical (unpaired) electrons. The second-order valence-electron chi connectivity index (χ2n) is 4.24. The van der Waals surface area contributed by atoms with Crippen molar-refractivity contribution in [2.45, 2.75) is 31.8 Å². The van der Waals surface area contributed by atoms with Gasteiger partial charge < -0.3 is 10.5 Å². The highest BCUT2D eigenvalue weighted by Crippen LogP contribution is 2.37. The lowest BCUT2D eigenvalue weighted by Gasteiger charge is -2.10. The molecule has 0 aromatic carbocycles. The van der Waals surface area contributed by atoms with Gasteiger partial charge in [-0.3, -0.25) is 4.57 Å². The lowest BCUT2D eigenvalue weighted by Crippen LogP contribution is -2.16. The van der Waals surface area contributed by atoms with Crippen molar-refractivity contribution in [2.24, 2.45) is 11.7 Å². The van der Waals surface area contributed by atoms with Crippen molar-refractivity contribution in [3.63, 3.8) is 0 Å². The molecule has 0 saturated heterocycles. The lowest BCUT2D eigenvalue weighted by atomic mass is 10.1. The molecule has 1 fully saturated rings. The molecule has 2 heterocycles. The topological polar surface area (TPSA) is 53.1 Å². The van der Waals surface area contributed by atoms with Crippen LogP contribution in [0.2, 0.25) is 0 Å². The molecule has 2 N–H and O–H groups in total. The summed E-state index contributed by atoms with van der Waals surface area (Å²) in [5, 5.41) is 0. The highest BCUT2D eigenvalue weighted by Gasteiger charge is 2.28. The fraction of sp³-hybridized carbons (Fsp3) is 0.700. The van der Waals surface area contributed by atoms with E-state index in [0.717, 1.165) is 37.2 Å². The van der Waals surface area contributed by atoms with Crippen LogP contribution in [0.3, 0.4) is 0 Å². The molecule has 4 nitrogen and oxygen atoms in total. The van der Waals surface area contributed by atoms with Crippen molar-refractivity contribution in [3.05, 3.63) is 12.0 Å². The van der Waals surface area contributed by atoms with Crippen LogP contribution in [0.1, 0.15) is 31.1 Å². The van der Waals surface area contributed by atoms with Gasteiger partial charge in [-0.25, -0.2) is 4.98 Å². The molecule has 14 heavy (non-hydrogen) atoms. The van der Waals surface area contributed by atoms with Crippen LogP contribution in [0.4, 0.5) is 0 Å². The molecular formula is C10H15N3O. The van der Waals surface area contributed by atoms with Gasteiger partial charge in [0.05, 0.1) is 18.8 Å². The fourth-order valence-corrected chi connectivity index (χ4v) is 2.07. The van der Waals surface area contributed by atoms with Gasteiger partial charge in [0.15, 0.2) is 0 Å². The summed E-state index contributed by atoms with van der Waals surface area (Å²) in [6.07, 6.45) is 5.56. The normalized spacial score (nSPS) is 21.8. The first-order valence-corrected chi connectivity index (χ1v) is 5.28. The minimum Gasteiger partial charge on any atom is -0.476 e. The van der Waals surface area contributed by atoms with E-state index in [4.69, 9.17) is 10.5 Å². The molecule has 0 amide bonds. The molecule has 1 unspecified atom stereocenters. The highest BCUT2D eigenvalue weighted by atomic mass is 16.5. The molecule has 1 aromatic heterocycles. The summed E-state index contributed by atoms with van der Waals surface area (Å²) in [7, 11) is 0. The van der Waals surface area contributed by atoms with Crippen LogP contribution in [0.15, 0.2) is 6.20 Å². The smallest absolute Gasteiger partial charge is 0.214 e. The summed E-state index contributed by atoms with van der Waals surface area (Å²) >= 11 is 0. The third kappa shape index (κ3) is 1.30. The standard InChI is InChI=1S/C10H15N3O/c11-8(5-7-1-2-7)10-12-6-9-13(10)3-4-14-9/h6-8H,1-5,11H2. The molecule has 0 spiro atoms. The first kappa shape index (κ1) is 8.29. The number of fused-ring (bicyclic) bond motifs is 1. The number of nitrogens with two attached hydrogens (primary N) is 1. The third-order valence-corrected chi connectivity index (χ3v) is 3.03. The van der Waals surface area contributed by atoms with Gasteiger partial charge >= 0.3 is 0 Å². The SMILES string of the molecule is NC(CC1CC1)c1ncc2n1CCO2. The fourth-order valence-electron chi connectivity index (χ4n) is 2.07. The molecule has 4 heteroatoms. The zero-order valence-corrected chi connectivity index (χ0v) is 8.15. The first-order chi connectivity index (χ1) is 6.84. The summed E-state index contributed by atoms with van der Waals surface area (Å²) in [6, 6.07) is 0.0953. The van der Waals surface area contributed by atoms with Gasteiger partial charge in [-0.2, -0.15) is 0 Å². The van der Waals surface area contributed by atoms with E-state index in [1.165, 1.54) is 12.8 Å². The van der Waals surface area contributed by atoms with E-state index in [1.807, 2.05) is 0 Å². The maximum absolute atomic E-state index is 6.11. The Morgan fingerprint density at radius 2 is 2.50 bits per heavy atom. The van der Waals surface area contributed by atoms with Crippen molar-refractivity contribution in [2.75, 3.05) is 6.61 Å². The zero-order chi connectivity index (χ0) is 9.54. The number of hydrogen-bond acceptors (Lipinski definition) is 3. The highest BCUT2D eigenvalue weighted by molar-refractivity contribution is 5.16. The number of nitrogens with zero attached hydrogens (tertiary/aromatic N) is 2. The van der Waals surface area contributed by atoms with E-state index in [9.17, 15) is 0 Å². The predicted octanol–water partition coefficient (Wildman–Crippen LogP) is 1.08. The lowest BCUT2D eigenvalue weighted by molar-refractivity contribution is 0.355. The Bertz CT molecular complexity index is 343. The molecule has 0 bridgehead atoms. The molecule has 1 atom stereocenters. The van der Waals surface area contributed by atoms with Gasteiger partial charge in [-0.15, -0.1) is 0 Å². The number of hydrogen-bond donors (Lipinski definition) is 1. The van der Waals surface area contributed by atoms with E-state index < -0.39 is 0 Å². The Balaban J connectivity index is 1.80. The molecule has 76 valence electrons. The van der Waals surface area contributed by atoms with Gasteiger partial charge in [-0.05, 0) is 12.3 Å². The van der Waals surface area contributed by atoms with Crippen molar-refractivity contribution in [1.82, 2.24) is 9.55 Å². The summed E-state index contributed by atoms with van der Waals surface area (Å²) in [5.74, 6) is 2.73. The quantitative estimate of drug-likeness (QED) is 0.781. The number of rotatable bonds is 3. The van der Waals surface area contributed by atoms with Gasteiger partial charge in [0.1, 0.15) is 12.4 Å². The average Bonchev–Trinajstić information content (AvgIpc) is 2.72. The summed E-state index contributed by atoms with van der Waals surface area (Å²) in [4.78, 5) is 4.33. The van der Waals surface area contributed by atoms with Crippen LogP contribution >= 0.6 is 0 Å². The third-order valence-electron chi connectivity index (χ3n) is 3.03. The van der Waals surface area contributed by atoms with Gasteiger partial charge in [0, 0.05) is 0 Å².